The summed E-state index contributed by atoms with van der Waals surface area (Å²) in [7, 11) is -3.91. The minimum absolute atomic E-state index is 0.0466. The monoisotopic (exact) mass is 357 g/mol. The van der Waals surface area contributed by atoms with E-state index < -0.39 is 22.1 Å². The Morgan fingerprint density at radius 1 is 1.19 bits per heavy atom. The number of sulfonamides is 1. The lowest BCUT2D eigenvalue weighted by atomic mass is 10.3. The summed E-state index contributed by atoms with van der Waals surface area (Å²) in [4.78, 5) is 0. The fraction of sp³-hybridized carbons (Fsp3) is 0.0909. The molecule has 0 amide bonds. The average Bonchev–Trinajstić information content (AvgIpc) is 2.74. The third-order valence-corrected chi connectivity index (χ3v) is 5.24. The summed E-state index contributed by atoms with van der Waals surface area (Å²) in [6.45, 7) is 0. The molecule has 0 aliphatic rings. The summed E-state index contributed by atoms with van der Waals surface area (Å²) in [5.41, 5.74) is -0.0544. The molecule has 2 rings (SSSR count). The van der Waals surface area contributed by atoms with Crippen LogP contribution in [0.3, 0.4) is 0 Å². The first-order chi connectivity index (χ1) is 9.66. The predicted octanol–water partition coefficient (Wildman–Crippen LogP) is 4.10. The molecule has 0 atom stereocenters. The number of rotatable bonds is 4. The topological polar surface area (TPSA) is 55.4 Å². The third kappa shape index (κ3) is 4.51. The average molecular weight is 358 g/mol. The SMILES string of the molecule is O=S(=O)(Nc1cccc(OC(F)(F)F)c1)c1ccc(Cl)s1. The molecule has 0 radical (unpaired) electrons. The highest BCUT2D eigenvalue weighted by atomic mass is 35.5. The van der Waals surface area contributed by atoms with Gasteiger partial charge in [-0.3, -0.25) is 4.72 Å². The van der Waals surface area contributed by atoms with Crippen molar-refractivity contribution >= 4 is 38.6 Å². The number of anilines is 1. The Morgan fingerprint density at radius 2 is 1.90 bits per heavy atom. The van der Waals surface area contributed by atoms with Gasteiger partial charge in [-0.2, -0.15) is 0 Å². The molecule has 114 valence electrons. The number of hydrogen-bond donors (Lipinski definition) is 1. The van der Waals surface area contributed by atoms with Crippen molar-refractivity contribution in [3.05, 3.63) is 40.7 Å². The molecule has 0 aliphatic carbocycles. The number of hydrogen-bond acceptors (Lipinski definition) is 4. The van der Waals surface area contributed by atoms with Gasteiger partial charge in [0.1, 0.15) is 9.96 Å². The first-order valence-corrected chi connectivity index (χ1v) is 7.97. The molecule has 0 saturated carbocycles. The van der Waals surface area contributed by atoms with Crippen molar-refractivity contribution in [1.82, 2.24) is 0 Å². The van der Waals surface area contributed by atoms with E-state index in [9.17, 15) is 21.6 Å². The van der Waals surface area contributed by atoms with Gasteiger partial charge in [-0.05, 0) is 24.3 Å². The van der Waals surface area contributed by atoms with Crippen LogP contribution in [0.4, 0.5) is 18.9 Å². The van der Waals surface area contributed by atoms with E-state index in [1.165, 1.54) is 24.3 Å². The minimum atomic E-state index is -4.85. The van der Waals surface area contributed by atoms with Crippen LogP contribution in [0.15, 0.2) is 40.6 Å². The highest BCUT2D eigenvalue weighted by molar-refractivity contribution is 7.94. The van der Waals surface area contributed by atoms with Gasteiger partial charge in [0.15, 0.2) is 0 Å². The highest BCUT2D eigenvalue weighted by Gasteiger charge is 2.31. The second-order valence-electron chi connectivity index (χ2n) is 3.74. The van der Waals surface area contributed by atoms with Crippen LogP contribution in [0.2, 0.25) is 4.34 Å². The Morgan fingerprint density at radius 3 is 2.48 bits per heavy atom. The van der Waals surface area contributed by atoms with Crippen LogP contribution in [0.5, 0.6) is 5.75 Å². The molecule has 0 saturated heterocycles. The zero-order valence-electron chi connectivity index (χ0n) is 10.0. The van der Waals surface area contributed by atoms with Gasteiger partial charge in [-0.1, -0.05) is 17.7 Å². The quantitative estimate of drug-likeness (QED) is 0.896. The summed E-state index contributed by atoms with van der Waals surface area (Å²) in [6.07, 6.45) is -4.85. The molecule has 0 aliphatic heterocycles. The van der Waals surface area contributed by atoms with Crippen molar-refractivity contribution in [2.45, 2.75) is 10.6 Å². The fourth-order valence-electron chi connectivity index (χ4n) is 1.40. The minimum Gasteiger partial charge on any atom is -0.406 e. The van der Waals surface area contributed by atoms with Gasteiger partial charge in [-0.15, -0.1) is 24.5 Å². The smallest absolute Gasteiger partial charge is 0.406 e. The lowest BCUT2D eigenvalue weighted by molar-refractivity contribution is -0.274. The molecule has 2 aromatic rings. The lowest BCUT2D eigenvalue weighted by Gasteiger charge is -2.11. The fourth-order valence-corrected chi connectivity index (χ4v) is 3.94. The predicted molar refractivity (Wildman–Crippen MR) is 73.3 cm³/mol. The normalized spacial score (nSPS) is 12.2. The van der Waals surface area contributed by atoms with Crippen LogP contribution in [0, 0.1) is 0 Å². The van der Waals surface area contributed by atoms with Crippen molar-refractivity contribution < 1.29 is 26.3 Å². The van der Waals surface area contributed by atoms with E-state index in [0.29, 0.717) is 0 Å². The van der Waals surface area contributed by atoms with Gasteiger partial charge in [0.05, 0.1) is 10.0 Å². The van der Waals surface area contributed by atoms with Gasteiger partial charge < -0.3 is 4.74 Å². The van der Waals surface area contributed by atoms with E-state index in [2.05, 4.69) is 9.46 Å². The maximum Gasteiger partial charge on any atom is 0.573 e. The van der Waals surface area contributed by atoms with Crippen LogP contribution in [-0.2, 0) is 10.0 Å². The van der Waals surface area contributed by atoms with Gasteiger partial charge in [0.25, 0.3) is 10.0 Å². The highest BCUT2D eigenvalue weighted by Crippen LogP contribution is 2.29. The van der Waals surface area contributed by atoms with Gasteiger partial charge >= 0.3 is 6.36 Å². The molecule has 0 fully saturated rings. The molecule has 1 N–H and O–H groups in total. The Bertz CT molecular complexity index is 743. The van der Waals surface area contributed by atoms with Crippen LogP contribution in [-0.4, -0.2) is 14.8 Å². The Balaban J connectivity index is 2.22. The number of benzene rings is 1. The molecule has 10 heteroatoms. The summed E-state index contributed by atoms with van der Waals surface area (Å²) in [5.74, 6) is -0.521. The molecule has 0 unspecified atom stereocenters. The number of thiophene rings is 1. The second kappa shape index (κ2) is 5.74. The van der Waals surface area contributed by atoms with Crippen molar-refractivity contribution in [3.63, 3.8) is 0 Å². The van der Waals surface area contributed by atoms with E-state index in [1.807, 2.05) is 0 Å². The third-order valence-electron chi connectivity index (χ3n) is 2.13. The van der Waals surface area contributed by atoms with Crippen LogP contribution >= 0.6 is 22.9 Å². The van der Waals surface area contributed by atoms with E-state index in [4.69, 9.17) is 11.6 Å². The molecule has 4 nitrogen and oxygen atoms in total. The maximum absolute atomic E-state index is 12.1. The largest absolute Gasteiger partial charge is 0.573 e. The maximum atomic E-state index is 12.1. The summed E-state index contributed by atoms with van der Waals surface area (Å²) >= 11 is 6.48. The second-order valence-corrected chi connectivity index (χ2v) is 7.36. The van der Waals surface area contributed by atoms with Crippen molar-refractivity contribution in [1.29, 1.82) is 0 Å². The summed E-state index contributed by atoms with van der Waals surface area (Å²) in [6, 6.07) is 7.24. The summed E-state index contributed by atoms with van der Waals surface area (Å²) < 4.78 is 66.4. The van der Waals surface area contributed by atoms with Crippen molar-refractivity contribution in [3.8, 4) is 5.75 Å². The van der Waals surface area contributed by atoms with E-state index >= 15 is 0 Å². The Kier molecular flexibility index (Phi) is 4.35. The molecule has 21 heavy (non-hydrogen) atoms. The number of ether oxygens (including phenoxy) is 1. The van der Waals surface area contributed by atoms with Crippen LogP contribution < -0.4 is 9.46 Å². The molecule has 1 aromatic carbocycles. The van der Waals surface area contributed by atoms with Gasteiger partial charge in [0.2, 0.25) is 0 Å². The molecular formula is C11H7ClF3NO3S2. The molecule has 0 bridgehead atoms. The number of alkyl halides is 3. The Labute approximate surface area is 127 Å². The van der Waals surface area contributed by atoms with Gasteiger partial charge in [0, 0.05) is 6.07 Å². The molecule has 1 heterocycles. The number of halogens is 4. The van der Waals surface area contributed by atoms with Crippen molar-refractivity contribution in [2.75, 3.05) is 4.72 Å². The standard InChI is InChI=1S/C11H7ClF3NO3S2/c12-9-4-5-10(20-9)21(17,18)16-7-2-1-3-8(6-7)19-11(13,14)15/h1-6,16H. The van der Waals surface area contributed by atoms with Gasteiger partial charge in [-0.25, -0.2) is 8.42 Å². The van der Waals surface area contributed by atoms with Crippen LogP contribution in [0.1, 0.15) is 0 Å². The lowest BCUT2D eigenvalue weighted by Crippen LogP contribution is -2.17. The first kappa shape index (κ1) is 15.9. The summed E-state index contributed by atoms with van der Waals surface area (Å²) in [5, 5.41) is 0. The molecule has 1 aromatic heterocycles. The molecule has 0 spiro atoms. The molecular weight excluding hydrogens is 351 g/mol. The zero-order chi connectivity index (χ0) is 15.7. The van der Waals surface area contributed by atoms with Crippen molar-refractivity contribution in [2.24, 2.45) is 0 Å². The Hall–Kier alpha value is -1.45. The van der Waals surface area contributed by atoms with E-state index in [0.717, 1.165) is 23.5 Å². The zero-order valence-corrected chi connectivity index (χ0v) is 12.4. The van der Waals surface area contributed by atoms with E-state index in [-0.39, 0.29) is 14.2 Å². The van der Waals surface area contributed by atoms with Crippen LogP contribution in [0.25, 0.3) is 0 Å². The van der Waals surface area contributed by atoms with E-state index in [1.54, 1.807) is 0 Å². The number of nitrogens with one attached hydrogen (secondary N) is 1. The first-order valence-electron chi connectivity index (χ1n) is 5.30.